The van der Waals surface area contributed by atoms with Crippen LogP contribution in [-0.4, -0.2) is 17.1 Å². The molecule has 30 heavy (non-hydrogen) atoms. The molecule has 2 rings (SSSR count). The van der Waals surface area contributed by atoms with Crippen molar-refractivity contribution in [3.63, 3.8) is 0 Å². The summed E-state index contributed by atoms with van der Waals surface area (Å²) in [7, 11) is 0. The Bertz CT molecular complexity index is 891. The minimum Gasteiger partial charge on any atom is -0.487 e. The molecule has 0 heterocycles. The maximum Gasteiger partial charge on any atom is 0.416 e. The molecule has 1 unspecified atom stereocenters. The summed E-state index contributed by atoms with van der Waals surface area (Å²) in [5, 5.41) is 8.87. The van der Waals surface area contributed by atoms with Crippen LogP contribution in [0.25, 0.3) is 0 Å². The van der Waals surface area contributed by atoms with Gasteiger partial charge in [0.25, 0.3) is 0 Å². The Kier molecular flexibility index (Phi) is 7.46. The fourth-order valence-electron chi connectivity index (χ4n) is 2.47. The maximum atomic E-state index is 13.0. The van der Waals surface area contributed by atoms with E-state index in [0.29, 0.717) is 26.6 Å². The third-order valence-electron chi connectivity index (χ3n) is 3.86. The number of hydrogen-bond donors (Lipinski definition) is 2. The SMILES string of the molecule is NC(Cc1cc(Br)c(OCc2cc(C(F)(F)F)cc(C(F)(F)F)c2)c(Br)c1)C(=O)O. The lowest BCUT2D eigenvalue weighted by atomic mass is 10.1. The van der Waals surface area contributed by atoms with E-state index in [4.69, 9.17) is 15.6 Å². The molecular weight excluding hydrogens is 552 g/mol. The van der Waals surface area contributed by atoms with Crippen LogP contribution in [0.4, 0.5) is 26.3 Å². The Morgan fingerprint density at radius 2 is 1.40 bits per heavy atom. The molecule has 0 aliphatic carbocycles. The number of nitrogens with two attached hydrogens (primary N) is 1. The summed E-state index contributed by atoms with van der Waals surface area (Å²) in [6, 6.07) is 3.04. The third kappa shape index (κ3) is 6.35. The zero-order valence-corrected chi connectivity index (χ0v) is 17.9. The van der Waals surface area contributed by atoms with Crippen molar-refractivity contribution in [1.29, 1.82) is 0 Å². The molecule has 0 aliphatic heterocycles. The molecule has 12 heteroatoms. The minimum atomic E-state index is -4.96. The number of alkyl halides is 6. The van der Waals surface area contributed by atoms with Gasteiger partial charge in [-0.15, -0.1) is 0 Å². The van der Waals surface area contributed by atoms with Crippen LogP contribution >= 0.6 is 31.9 Å². The van der Waals surface area contributed by atoms with Crippen molar-refractivity contribution in [3.05, 3.63) is 61.5 Å². The van der Waals surface area contributed by atoms with E-state index < -0.39 is 42.1 Å². The maximum absolute atomic E-state index is 13.0. The second kappa shape index (κ2) is 9.15. The van der Waals surface area contributed by atoms with Gasteiger partial charge in [0, 0.05) is 0 Å². The second-order valence-electron chi connectivity index (χ2n) is 6.24. The van der Waals surface area contributed by atoms with Crippen molar-refractivity contribution in [2.24, 2.45) is 5.73 Å². The van der Waals surface area contributed by atoms with Gasteiger partial charge < -0.3 is 15.6 Å². The van der Waals surface area contributed by atoms with E-state index in [9.17, 15) is 31.1 Å². The molecule has 0 spiro atoms. The monoisotopic (exact) mass is 563 g/mol. The molecule has 2 aromatic rings. The first-order valence-corrected chi connectivity index (χ1v) is 9.64. The summed E-state index contributed by atoms with van der Waals surface area (Å²) in [6.07, 6.45) is -9.92. The first-order chi connectivity index (χ1) is 13.7. The molecule has 0 amide bonds. The Morgan fingerprint density at radius 1 is 0.933 bits per heavy atom. The first kappa shape index (κ1) is 24.5. The van der Waals surface area contributed by atoms with Gasteiger partial charge in [0.15, 0.2) is 0 Å². The van der Waals surface area contributed by atoms with Gasteiger partial charge in [-0.3, -0.25) is 4.79 Å². The molecule has 3 N–H and O–H groups in total. The summed E-state index contributed by atoms with van der Waals surface area (Å²) in [4.78, 5) is 10.9. The van der Waals surface area contributed by atoms with Crippen LogP contribution in [0.3, 0.4) is 0 Å². The summed E-state index contributed by atoms with van der Waals surface area (Å²) >= 11 is 6.38. The predicted molar refractivity (Wildman–Crippen MR) is 102 cm³/mol. The van der Waals surface area contributed by atoms with Crippen molar-refractivity contribution in [2.45, 2.75) is 31.4 Å². The molecule has 0 bridgehead atoms. The third-order valence-corrected chi connectivity index (χ3v) is 5.04. The van der Waals surface area contributed by atoms with Crippen LogP contribution < -0.4 is 10.5 Å². The highest BCUT2D eigenvalue weighted by Gasteiger charge is 2.37. The van der Waals surface area contributed by atoms with Crippen LogP contribution in [0, 0.1) is 0 Å². The van der Waals surface area contributed by atoms with E-state index in [2.05, 4.69) is 31.9 Å². The molecule has 1 atom stereocenters. The quantitative estimate of drug-likeness (QED) is 0.436. The van der Waals surface area contributed by atoms with E-state index >= 15 is 0 Å². The largest absolute Gasteiger partial charge is 0.487 e. The first-order valence-electron chi connectivity index (χ1n) is 8.06. The Labute approximate surface area is 183 Å². The van der Waals surface area contributed by atoms with Gasteiger partial charge in [-0.05, 0) is 79.7 Å². The number of ether oxygens (including phenoxy) is 1. The number of carbonyl (C=O) groups is 1. The van der Waals surface area contributed by atoms with Crippen LogP contribution in [0.5, 0.6) is 5.75 Å². The summed E-state index contributed by atoms with van der Waals surface area (Å²) < 4.78 is 83.8. The number of hydrogen-bond acceptors (Lipinski definition) is 3. The van der Waals surface area contributed by atoms with Gasteiger partial charge in [-0.25, -0.2) is 0 Å². The molecule has 0 saturated heterocycles. The zero-order valence-electron chi connectivity index (χ0n) is 14.7. The number of halogens is 8. The second-order valence-corrected chi connectivity index (χ2v) is 7.95. The smallest absolute Gasteiger partial charge is 0.416 e. The van der Waals surface area contributed by atoms with Crippen molar-refractivity contribution >= 4 is 37.8 Å². The number of aliphatic carboxylic acids is 1. The Balaban J connectivity index is 2.29. The lowest BCUT2D eigenvalue weighted by Gasteiger charge is -2.16. The summed E-state index contributed by atoms with van der Waals surface area (Å²) in [5.41, 5.74) is 2.80. The molecule has 4 nitrogen and oxygen atoms in total. The lowest BCUT2D eigenvalue weighted by molar-refractivity contribution is -0.143. The fraction of sp³-hybridized carbons (Fsp3) is 0.278. The van der Waals surface area contributed by atoms with Crippen LogP contribution in [0.15, 0.2) is 39.3 Å². The van der Waals surface area contributed by atoms with Crippen LogP contribution in [-0.2, 0) is 30.2 Å². The van der Waals surface area contributed by atoms with E-state index in [1.165, 1.54) is 12.1 Å². The molecule has 0 aliphatic rings. The topological polar surface area (TPSA) is 72.5 Å². The summed E-state index contributed by atoms with van der Waals surface area (Å²) in [5.74, 6) is -1.08. The van der Waals surface area contributed by atoms with Crippen LogP contribution in [0.1, 0.15) is 22.3 Å². The van der Waals surface area contributed by atoms with Gasteiger partial charge in [-0.1, -0.05) is 0 Å². The highest BCUT2D eigenvalue weighted by molar-refractivity contribution is 9.11. The highest BCUT2D eigenvalue weighted by Crippen LogP contribution is 2.38. The van der Waals surface area contributed by atoms with E-state index in [-0.39, 0.29) is 23.8 Å². The van der Waals surface area contributed by atoms with E-state index in [1.807, 2.05) is 0 Å². The number of rotatable bonds is 6. The Morgan fingerprint density at radius 3 is 1.80 bits per heavy atom. The van der Waals surface area contributed by atoms with E-state index in [1.54, 1.807) is 0 Å². The van der Waals surface area contributed by atoms with Crippen molar-refractivity contribution in [2.75, 3.05) is 0 Å². The van der Waals surface area contributed by atoms with Crippen molar-refractivity contribution in [3.8, 4) is 5.75 Å². The van der Waals surface area contributed by atoms with Crippen molar-refractivity contribution in [1.82, 2.24) is 0 Å². The lowest BCUT2D eigenvalue weighted by Crippen LogP contribution is -2.32. The predicted octanol–water partition coefficient (Wildman–Crippen LogP) is 5.78. The summed E-state index contributed by atoms with van der Waals surface area (Å²) in [6.45, 7) is -0.571. The van der Waals surface area contributed by atoms with Gasteiger partial charge in [0.1, 0.15) is 18.4 Å². The molecule has 2 aromatic carbocycles. The van der Waals surface area contributed by atoms with E-state index in [0.717, 1.165) is 0 Å². The molecule has 0 saturated carbocycles. The normalized spacial score (nSPS) is 13.2. The Hall–Kier alpha value is -1.79. The molecule has 0 fully saturated rings. The average Bonchev–Trinajstić information content (AvgIpc) is 2.59. The molecule has 0 aromatic heterocycles. The number of benzene rings is 2. The number of carboxylic acid groups (broad SMARTS) is 1. The minimum absolute atomic E-state index is 0.00458. The standard InChI is InChI=1S/C18H13Br2F6NO3/c19-12-3-8(5-14(27)16(28)29)4-13(20)15(12)30-7-9-1-10(17(21,22)23)6-11(2-9)18(24,25)26/h1-4,6,14H,5,7,27H2,(H,28,29). The number of carboxylic acids is 1. The molecule has 164 valence electrons. The average molecular weight is 565 g/mol. The van der Waals surface area contributed by atoms with Gasteiger partial charge in [0.05, 0.1) is 20.1 Å². The zero-order chi connectivity index (χ0) is 22.9. The van der Waals surface area contributed by atoms with Crippen molar-refractivity contribution < 1.29 is 41.0 Å². The van der Waals surface area contributed by atoms with Gasteiger partial charge >= 0.3 is 18.3 Å². The van der Waals surface area contributed by atoms with Gasteiger partial charge in [-0.2, -0.15) is 26.3 Å². The highest BCUT2D eigenvalue weighted by atomic mass is 79.9. The molecular formula is C18H13Br2F6NO3. The van der Waals surface area contributed by atoms with Gasteiger partial charge in [0.2, 0.25) is 0 Å². The molecule has 0 radical (unpaired) electrons. The fourth-order valence-corrected chi connectivity index (χ4v) is 3.98. The van der Waals surface area contributed by atoms with Crippen LogP contribution in [0.2, 0.25) is 0 Å².